The maximum absolute atomic E-state index is 13.4. The third-order valence-corrected chi connectivity index (χ3v) is 3.15. The Morgan fingerprint density at radius 1 is 1.19 bits per heavy atom. The summed E-state index contributed by atoms with van der Waals surface area (Å²) in [5.74, 6) is -2.35. The molecule has 1 aromatic carbocycles. The van der Waals surface area contributed by atoms with Gasteiger partial charge in [0.05, 0.1) is 6.20 Å². The highest BCUT2D eigenvalue weighted by Gasteiger charge is 2.36. The molecular formula is C15H14F2N2O2. The van der Waals surface area contributed by atoms with Gasteiger partial charge in [-0.2, -0.15) is 0 Å². The number of hydrogen-bond acceptors (Lipinski definition) is 3. The SMILES string of the molecule is Cc1cc(F)cc(NC(C)(C(=O)O)c2cncc(F)c2)c1. The monoisotopic (exact) mass is 292 g/mol. The Morgan fingerprint density at radius 3 is 2.48 bits per heavy atom. The van der Waals surface area contributed by atoms with E-state index in [4.69, 9.17) is 0 Å². The largest absolute Gasteiger partial charge is 0.479 e. The molecule has 2 rings (SSSR count). The van der Waals surface area contributed by atoms with Crippen LogP contribution in [0.15, 0.2) is 36.7 Å². The van der Waals surface area contributed by atoms with Crippen molar-refractivity contribution in [3.8, 4) is 0 Å². The van der Waals surface area contributed by atoms with E-state index in [1.807, 2.05) is 0 Å². The minimum absolute atomic E-state index is 0.136. The lowest BCUT2D eigenvalue weighted by atomic mass is 9.93. The third kappa shape index (κ3) is 3.16. The number of benzene rings is 1. The van der Waals surface area contributed by atoms with Crippen LogP contribution in [-0.2, 0) is 10.3 Å². The van der Waals surface area contributed by atoms with Crippen molar-refractivity contribution in [3.05, 3.63) is 59.4 Å². The van der Waals surface area contributed by atoms with Crippen LogP contribution in [0.4, 0.5) is 14.5 Å². The van der Waals surface area contributed by atoms with E-state index < -0.39 is 23.1 Å². The fourth-order valence-electron chi connectivity index (χ4n) is 2.03. The lowest BCUT2D eigenvalue weighted by Gasteiger charge is -2.27. The smallest absolute Gasteiger partial charge is 0.333 e. The van der Waals surface area contributed by atoms with Crippen LogP contribution in [0.3, 0.4) is 0 Å². The molecule has 0 saturated carbocycles. The fraction of sp³-hybridized carbons (Fsp3) is 0.200. The summed E-state index contributed by atoms with van der Waals surface area (Å²) < 4.78 is 26.7. The molecular weight excluding hydrogens is 278 g/mol. The number of halogens is 2. The van der Waals surface area contributed by atoms with E-state index in [1.54, 1.807) is 13.0 Å². The van der Waals surface area contributed by atoms with Crippen molar-refractivity contribution < 1.29 is 18.7 Å². The molecule has 0 aliphatic heterocycles. The minimum Gasteiger partial charge on any atom is -0.479 e. The topological polar surface area (TPSA) is 62.2 Å². The average Bonchev–Trinajstić information content (AvgIpc) is 2.37. The van der Waals surface area contributed by atoms with E-state index >= 15 is 0 Å². The van der Waals surface area contributed by atoms with Crippen LogP contribution in [-0.4, -0.2) is 16.1 Å². The number of pyridine rings is 1. The Hall–Kier alpha value is -2.50. The standard InChI is InChI=1S/C15H14F2N2O2/c1-9-3-11(16)6-13(4-9)19-15(2,14(20)21)10-5-12(17)8-18-7-10/h3-8,19H,1-2H3,(H,20,21). The predicted octanol–water partition coefficient (Wildman–Crippen LogP) is 3.08. The number of carboxylic acid groups (broad SMARTS) is 1. The first-order valence-corrected chi connectivity index (χ1v) is 6.21. The highest BCUT2D eigenvalue weighted by atomic mass is 19.1. The molecule has 0 bridgehead atoms. The first-order chi connectivity index (χ1) is 9.81. The van der Waals surface area contributed by atoms with Crippen molar-refractivity contribution in [2.45, 2.75) is 19.4 Å². The number of carboxylic acids is 1. The molecule has 6 heteroatoms. The van der Waals surface area contributed by atoms with Gasteiger partial charge in [-0.1, -0.05) is 0 Å². The summed E-state index contributed by atoms with van der Waals surface area (Å²) >= 11 is 0. The van der Waals surface area contributed by atoms with Gasteiger partial charge < -0.3 is 10.4 Å². The van der Waals surface area contributed by atoms with Gasteiger partial charge in [0.1, 0.15) is 11.6 Å². The Labute approximate surface area is 120 Å². The molecule has 1 aromatic heterocycles. The van der Waals surface area contributed by atoms with Crippen LogP contribution in [0.25, 0.3) is 0 Å². The van der Waals surface area contributed by atoms with Crippen LogP contribution in [0, 0.1) is 18.6 Å². The molecule has 2 aromatic rings. The predicted molar refractivity (Wildman–Crippen MR) is 73.9 cm³/mol. The van der Waals surface area contributed by atoms with Crippen molar-refractivity contribution in [2.75, 3.05) is 5.32 Å². The molecule has 0 saturated heterocycles. The van der Waals surface area contributed by atoms with Gasteiger partial charge in [0.25, 0.3) is 0 Å². The maximum atomic E-state index is 13.4. The first kappa shape index (κ1) is 14.9. The van der Waals surface area contributed by atoms with Gasteiger partial charge in [0.15, 0.2) is 5.54 Å². The number of nitrogens with one attached hydrogen (secondary N) is 1. The molecule has 1 atom stereocenters. The number of aromatic nitrogens is 1. The summed E-state index contributed by atoms with van der Waals surface area (Å²) in [7, 11) is 0. The zero-order chi connectivity index (χ0) is 15.6. The van der Waals surface area contributed by atoms with Crippen LogP contribution < -0.4 is 5.32 Å². The Balaban J connectivity index is 2.45. The lowest BCUT2D eigenvalue weighted by Crippen LogP contribution is -2.40. The molecule has 0 radical (unpaired) electrons. The quantitative estimate of drug-likeness (QED) is 0.909. The van der Waals surface area contributed by atoms with Crippen molar-refractivity contribution in [2.24, 2.45) is 0 Å². The highest BCUT2D eigenvalue weighted by Crippen LogP contribution is 2.27. The summed E-state index contributed by atoms with van der Waals surface area (Å²) in [4.78, 5) is 15.3. The van der Waals surface area contributed by atoms with E-state index in [0.717, 1.165) is 12.3 Å². The Morgan fingerprint density at radius 2 is 1.90 bits per heavy atom. The normalized spacial score (nSPS) is 13.5. The molecule has 0 fully saturated rings. The highest BCUT2D eigenvalue weighted by molar-refractivity contribution is 5.84. The maximum Gasteiger partial charge on any atom is 0.333 e. The van der Waals surface area contributed by atoms with Crippen LogP contribution in [0.2, 0.25) is 0 Å². The molecule has 2 N–H and O–H groups in total. The van der Waals surface area contributed by atoms with Crippen molar-refractivity contribution in [1.29, 1.82) is 0 Å². The fourth-order valence-corrected chi connectivity index (χ4v) is 2.03. The van der Waals surface area contributed by atoms with Gasteiger partial charge >= 0.3 is 5.97 Å². The number of rotatable bonds is 4. The molecule has 0 aliphatic rings. The zero-order valence-electron chi connectivity index (χ0n) is 11.5. The summed E-state index contributed by atoms with van der Waals surface area (Å²) in [5, 5.41) is 12.2. The van der Waals surface area contributed by atoms with Gasteiger partial charge in [-0.3, -0.25) is 4.98 Å². The number of aryl methyl sites for hydroxylation is 1. The van der Waals surface area contributed by atoms with Gasteiger partial charge in [-0.05, 0) is 43.7 Å². The van der Waals surface area contributed by atoms with E-state index in [9.17, 15) is 18.7 Å². The molecule has 1 unspecified atom stereocenters. The number of carbonyl (C=O) groups is 1. The second-order valence-corrected chi connectivity index (χ2v) is 4.96. The van der Waals surface area contributed by atoms with Crippen LogP contribution in [0.1, 0.15) is 18.1 Å². The third-order valence-electron chi connectivity index (χ3n) is 3.15. The first-order valence-electron chi connectivity index (χ1n) is 6.21. The van der Waals surface area contributed by atoms with Crippen molar-refractivity contribution in [3.63, 3.8) is 0 Å². The van der Waals surface area contributed by atoms with E-state index in [-0.39, 0.29) is 5.56 Å². The number of anilines is 1. The average molecular weight is 292 g/mol. The van der Waals surface area contributed by atoms with E-state index in [1.165, 1.54) is 25.3 Å². The summed E-state index contributed by atoms with van der Waals surface area (Å²) in [5.41, 5.74) is -0.559. The second-order valence-electron chi connectivity index (χ2n) is 4.96. The number of aliphatic carboxylic acids is 1. The van der Waals surface area contributed by atoms with Gasteiger partial charge in [0.2, 0.25) is 0 Å². The molecule has 0 aliphatic carbocycles. The molecule has 21 heavy (non-hydrogen) atoms. The number of nitrogens with zero attached hydrogens (tertiary/aromatic N) is 1. The number of hydrogen-bond donors (Lipinski definition) is 2. The summed E-state index contributed by atoms with van der Waals surface area (Å²) in [6.45, 7) is 3.06. The van der Waals surface area contributed by atoms with Gasteiger partial charge in [-0.15, -0.1) is 0 Å². The van der Waals surface area contributed by atoms with Crippen LogP contribution in [0.5, 0.6) is 0 Å². The van der Waals surface area contributed by atoms with Crippen molar-refractivity contribution in [1.82, 2.24) is 4.98 Å². The van der Waals surface area contributed by atoms with Crippen molar-refractivity contribution >= 4 is 11.7 Å². The van der Waals surface area contributed by atoms with Crippen LogP contribution >= 0.6 is 0 Å². The molecule has 110 valence electrons. The molecule has 1 heterocycles. The van der Waals surface area contributed by atoms with E-state index in [2.05, 4.69) is 10.3 Å². The van der Waals surface area contributed by atoms with Gasteiger partial charge in [-0.25, -0.2) is 13.6 Å². The molecule has 4 nitrogen and oxygen atoms in total. The van der Waals surface area contributed by atoms with Gasteiger partial charge in [0, 0.05) is 17.4 Å². The minimum atomic E-state index is -1.63. The Kier molecular flexibility index (Phi) is 3.88. The molecule has 0 spiro atoms. The summed E-state index contributed by atoms with van der Waals surface area (Å²) in [6.07, 6.45) is 2.24. The zero-order valence-corrected chi connectivity index (χ0v) is 11.5. The summed E-state index contributed by atoms with van der Waals surface area (Å²) in [6, 6.07) is 5.20. The lowest BCUT2D eigenvalue weighted by molar-refractivity contribution is -0.142. The Bertz CT molecular complexity index is 671. The second kappa shape index (κ2) is 5.47. The molecule has 0 amide bonds. The van der Waals surface area contributed by atoms with E-state index in [0.29, 0.717) is 11.3 Å².